The molecule has 3 aromatic rings. The second-order valence-corrected chi connectivity index (χ2v) is 8.09. The predicted molar refractivity (Wildman–Crippen MR) is 133 cm³/mol. The Morgan fingerprint density at radius 1 is 0.794 bits per heavy atom. The molecule has 1 aromatic heterocycles. The third kappa shape index (κ3) is 5.33. The number of unbranched alkanes of at least 4 members (excludes halogenated alkanes) is 4. The molecule has 0 radical (unpaired) electrons. The van der Waals surface area contributed by atoms with Gasteiger partial charge in [0.1, 0.15) is 17.0 Å². The zero-order valence-corrected chi connectivity index (χ0v) is 20.4. The topological polar surface area (TPSA) is 66.8 Å². The largest absolute Gasteiger partial charge is 0.497 e. The van der Waals surface area contributed by atoms with Crippen LogP contribution in [0.25, 0.3) is 16.8 Å². The second-order valence-electron chi connectivity index (χ2n) is 8.09. The van der Waals surface area contributed by atoms with E-state index in [9.17, 15) is 9.59 Å². The number of hydrogen-bond acceptors (Lipinski definition) is 5. The minimum Gasteiger partial charge on any atom is -0.497 e. The number of methoxy groups -OCH3 is 3. The van der Waals surface area contributed by atoms with Gasteiger partial charge in [-0.25, -0.2) is 9.59 Å². The van der Waals surface area contributed by atoms with Crippen molar-refractivity contribution in [2.75, 3.05) is 21.3 Å². The molecular formula is C28H33NO5. The van der Waals surface area contributed by atoms with Crippen molar-refractivity contribution in [3.8, 4) is 22.6 Å². The van der Waals surface area contributed by atoms with Gasteiger partial charge in [0, 0.05) is 16.9 Å². The van der Waals surface area contributed by atoms with E-state index in [-0.39, 0.29) is 11.3 Å². The molecule has 0 spiro atoms. The molecule has 0 atom stereocenters. The Morgan fingerprint density at radius 2 is 1.44 bits per heavy atom. The Hall–Kier alpha value is -3.54. The lowest BCUT2D eigenvalue weighted by molar-refractivity contribution is 0.0550. The lowest BCUT2D eigenvalue weighted by atomic mass is 9.97. The second kappa shape index (κ2) is 12.1. The van der Waals surface area contributed by atoms with Crippen LogP contribution in [0, 0.1) is 0 Å². The first-order valence-corrected chi connectivity index (χ1v) is 11.7. The van der Waals surface area contributed by atoms with Crippen molar-refractivity contribution in [3.05, 3.63) is 71.5 Å². The average molecular weight is 464 g/mol. The van der Waals surface area contributed by atoms with E-state index >= 15 is 0 Å². The molecule has 0 aliphatic rings. The summed E-state index contributed by atoms with van der Waals surface area (Å²) in [6.45, 7) is 2.19. The van der Waals surface area contributed by atoms with Gasteiger partial charge in [0.05, 0.1) is 21.3 Å². The van der Waals surface area contributed by atoms with Crippen LogP contribution < -0.4 is 4.74 Å². The van der Waals surface area contributed by atoms with E-state index in [1.165, 1.54) is 20.6 Å². The molecule has 0 amide bonds. The Labute approximate surface area is 201 Å². The van der Waals surface area contributed by atoms with Gasteiger partial charge in [-0.2, -0.15) is 0 Å². The normalized spacial score (nSPS) is 10.7. The van der Waals surface area contributed by atoms with Crippen molar-refractivity contribution >= 4 is 11.9 Å². The van der Waals surface area contributed by atoms with Gasteiger partial charge in [-0.3, -0.25) is 0 Å². The minimum atomic E-state index is -0.592. The van der Waals surface area contributed by atoms with E-state index in [1.807, 2.05) is 59.2 Å². The summed E-state index contributed by atoms with van der Waals surface area (Å²) in [6, 6.07) is 17.1. The highest BCUT2D eigenvalue weighted by atomic mass is 16.5. The van der Waals surface area contributed by atoms with Crippen LogP contribution in [0.4, 0.5) is 0 Å². The first kappa shape index (κ1) is 25.1. The zero-order valence-electron chi connectivity index (χ0n) is 20.4. The molecule has 6 heteroatoms. The summed E-state index contributed by atoms with van der Waals surface area (Å²) in [5, 5.41) is 0. The maximum Gasteiger partial charge on any atom is 0.355 e. The number of benzene rings is 2. The molecule has 3 rings (SSSR count). The van der Waals surface area contributed by atoms with Crippen LogP contribution in [0.2, 0.25) is 0 Å². The molecule has 0 unspecified atom stereocenters. The Kier molecular flexibility index (Phi) is 8.91. The monoisotopic (exact) mass is 463 g/mol. The van der Waals surface area contributed by atoms with Gasteiger partial charge in [-0.05, 0) is 42.7 Å². The third-order valence-electron chi connectivity index (χ3n) is 5.95. The Balaban J connectivity index is 2.31. The summed E-state index contributed by atoms with van der Waals surface area (Å²) in [5.41, 5.74) is 3.58. The highest BCUT2D eigenvalue weighted by Gasteiger charge is 2.33. The van der Waals surface area contributed by atoms with Crippen LogP contribution in [-0.4, -0.2) is 37.8 Å². The van der Waals surface area contributed by atoms with Crippen molar-refractivity contribution in [1.29, 1.82) is 0 Å². The fourth-order valence-corrected chi connectivity index (χ4v) is 4.28. The summed E-state index contributed by atoms with van der Waals surface area (Å²) in [5.74, 6) is -0.461. The van der Waals surface area contributed by atoms with Gasteiger partial charge in [0.25, 0.3) is 0 Å². The van der Waals surface area contributed by atoms with E-state index < -0.39 is 11.9 Å². The van der Waals surface area contributed by atoms with Gasteiger partial charge in [-0.15, -0.1) is 0 Å². The number of ether oxygens (including phenoxy) is 3. The number of esters is 2. The molecule has 0 saturated heterocycles. The smallest absolute Gasteiger partial charge is 0.355 e. The summed E-state index contributed by atoms with van der Waals surface area (Å²) < 4.78 is 17.5. The van der Waals surface area contributed by atoms with Gasteiger partial charge < -0.3 is 18.8 Å². The number of aromatic nitrogens is 1. The van der Waals surface area contributed by atoms with E-state index in [0.29, 0.717) is 17.7 Å². The lowest BCUT2D eigenvalue weighted by Gasteiger charge is -2.15. The minimum absolute atomic E-state index is 0.168. The van der Waals surface area contributed by atoms with Crippen LogP contribution in [0.1, 0.15) is 65.6 Å². The molecular weight excluding hydrogens is 430 g/mol. The first-order chi connectivity index (χ1) is 16.6. The molecule has 6 nitrogen and oxygen atoms in total. The molecule has 0 N–H and O–H groups in total. The van der Waals surface area contributed by atoms with Crippen LogP contribution in [-0.2, 0) is 15.9 Å². The maximum absolute atomic E-state index is 13.1. The molecule has 0 saturated carbocycles. The van der Waals surface area contributed by atoms with E-state index in [2.05, 4.69) is 6.92 Å². The highest BCUT2D eigenvalue weighted by Crippen LogP contribution is 2.37. The molecule has 34 heavy (non-hydrogen) atoms. The van der Waals surface area contributed by atoms with E-state index in [4.69, 9.17) is 14.2 Å². The Bertz CT molecular complexity index is 1100. The van der Waals surface area contributed by atoms with Crippen LogP contribution in [0.15, 0.2) is 54.6 Å². The van der Waals surface area contributed by atoms with Crippen molar-refractivity contribution in [1.82, 2.24) is 4.57 Å². The lowest BCUT2D eigenvalue weighted by Crippen LogP contribution is -2.15. The highest BCUT2D eigenvalue weighted by molar-refractivity contribution is 6.08. The zero-order chi connectivity index (χ0) is 24.5. The van der Waals surface area contributed by atoms with Crippen molar-refractivity contribution in [3.63, 3.8) is 0 Å². The van der Waals surface area contributed by atoms with Gasteiger partial charge in [0.2, 0.25) is 0 Å². The molecule has 1 heterocycles. The molecule has 0 aliphatic carbocycles. The molecule has 0 fully saturated rings. The predicted octanol–water partition coefficient (Wildman–Crippen LogP) is 6.24. The van der Waals surface area contributed by atoms with Gasteiger partial charge in [0.15, 0.2) is 0 Å². The van der Waals surface area contributed by atoms with Crippen LogP contribution >= 0.6 is 0 Å². The number of carbonyl (C=O) groups excluding carboxylic acids is 2. The van der Waals surface area contributed by atoms with Crippen LogP contribution in [0.3, 0.4) is 0 Å². The molecule has 0 bridgehead atoms. The van der Waals surface area contributed by atoms with Gasteiger partial charge >= 0.3 is 11.9 Å². The number of carbonyl (C=O) groups is 2. The van der Waals surface area contributed by atoms with E-state index in [1.54, 1.807) is 7.11 Å². The van der Waals surface area contributed by atoms with Gasteiger partial charge in [-0.1, -0.05) is 62.9 Å². The molecule has 2 aromatic carbocycles. The number of nitrogens with zero attached hydrogens (tertiary/aromatic N) is 1. The fraction of sp³-hybridized carbons (Fsp3) is 0.357. The van der Waals surface area contributed by atoms with E-state index in [0.717, 1.165) is 42.6 Å². The molecule has 180 valence electrons. The fourth-order valence-electron chi connectivity index (χ4n) is 4.28. The van der Waals surface area contributed by atoms with Crippen molar-refractivity contribution in [2.24, 2.45) is 0 Å². The first-order valence-electron chi connectivity index (χ1n) is 11.7. The number of hydrogen-bond donors (Lipinski definition) is 0. The molecule has 0 aliphatic heterocycles. The third-order valence-corrected chi connectivity index (χ3v) is 5.95. The SMILES string of the molecule is CCCCCCCc1c(-c2ccccc2)c(C(=O)OC)c(C(=O)OC)n1-c1ccc(OC)cc1. The van der Waals surface area contributed by atoms with Crippen molar-refractivity contribution in [2.45, 2.75) is 45.4 Å². The average Bonchev–Trinajstić information content (AvgIpc) is 3.23. The summed E-state index contributed by atoms with van der Waals surface area (Å²) in [4.78, 5) is 26.2. The Morgan fingerprint density at radius 3 is 2.03 bits per heavy atom. The summed E-state index contributed by atoms with van der Waals surface area (Å²) in [7, 11) is 4.25. The van der Waals surface area contributed by atoms with Crippen LogP contribution in [0.5, 0.6) is 5.75 Å². The van der Waals surface area contributed by atoms with Crippen molar-refractivity contribution < 1.29 is 23.8 Å². The number of rotatable bonds is 11. The summed E-state index contributed by atoms with van der Waals surface area (Å²) in [6.07, 6.45) is 6.19. The quantitative estimate of drug-likeness (QED) is 0.249. The summed E-state index contributed by atoms with van der Waals surface area (Å²) >= 11 is 0. The maximum atomic E-state index is 13.1. The standard InChI is InChI=1S/C28H33NO5/c1-5-6-7-8-12-15-23-24(20-13-10-9-11-14-20)25(27(30)33-3)26(28(31)34-4)29(23)21-16-18-22(32-2)19-17-21/h9-11,13-14,16-19H,5-8,12,15H2,1-4H3.